The fourth-order valence-corrected chi connectivity index (χ4v) is 1.61. The van der Waals surface area contributed by atoms with E-state index in [0.717, 1.165) is 0 Å². The number of hydrogen-bond acceptors (Lipinski definition) is 0. The van der Waals surface area contributed by atoms with Gasteiger partial charge in [-0.05, 0) is 47.2 Å². The number of alkyl halides is 1. The number of benzene rings is 1. The first-order valence-corrected chi connectivity index (χ1v) is 5.09. The molecule has 0 N–H and O–H groups in total. The maximum absolute atomic E-state index is 3.51. The highest BCUT2D eigenvalue weighted by Crippen LogP contribution is 2.22. The second-order valence-electron chi connectivity index (χ2n) is 2.17. The Morgan fingerprint density at radius 1 is 1.50 bits per heavy atom. The van der Waals surface area contributed by atoms with Crippen LogP contribution in [0.1, 0.15) is 17.3 Å². The molecule has 1 aromatic rings. The van der Waals surface area contributed by atoms with Crippen molar-refractivity contribution in [3.8, 4) is 0 Å². The SMILES string of the molecule is CC(Br)c1cccc(I)c1. The Labute approximate surface area is 83.3 Å². The maximum atomic E-state index is 3.51. The monoisotopic (exact) mass is 310 g/mol. The Morgan fingerprint density at radius 3 is 2.60 bits per heavy atom. The van der Waals surface area contributed by atoms with Crippen molar-refractivity contribution in [2.45, 2.75) is 11.8 Å². The third-order valence-electron chi connectivity index (χ3n) is 1.31. The molecule has 0 aliphatic rings. The molecule has 10 heavy (non-hydrogen) atoms. The van der Waals surface area contributed by atoms with Crippen molar-refractivity contribution in [2.24, 2.45) is 0 Å². The van der Waals surface area contributed by atoms with Crippen molar-refractivity contribution in [3.05, 3.63) is 33.4 Å². The van der Waals surface area contributed by atoms with Crippen molar-refractivity contribution in [1.82, 2.24) is 0 Å². The highest BCUT2D eigenvalue weighted by atomic mass is 127. The Bertz CT molecular complexity index is 220. The van der Waals surface area contributed by atoms with Crippen LogP contribution in [0.5, 0.6) is 0 Å². The lowest BCUT2D eigenvalue weighted by Gasteiger charge is -2.02. The molecule has 0 saturated heterocycles. The maximum Gasteiger partial charge on any atom is 0.0367 e. The zero-order chi connectivity index (χ0) is 7.56. The lowest BCUT2D eigenvalue weighted by Crippen LogP contribution is -1.82. The summed E-state index contributed by atoms with van der Waals surface area (Å²) >= 11 is 5.83. The second-order valence-corrected chi connectivity index (χ2v) is 4.79. The molecule has 0 spiro atoms. The van der Waals surface area contributed by atoms with E-state index in [9.17, 15) is 0 Å². The smallest absolute Gasteiger partial charge is 0.0367 e. The van der Waals surface area contributed by atoms with E-state index < -0.39 is 0 Å². The van der Waals surface area contributed by atoms with Crippen LogP contribution in [0, 0.1) is 3.57 Å². The summed E-state index contributed by atoms with van der Waals surface area (Å²) in [5.74, 6) is 0. The lowest BCUT2D eigenvalue weighted by atomic mass is 10.2. The molecule has 0 heterocycles. The Kier molecular flexibility index (Phi) is 3.17. The van der Waals surface area contributed by atoms with Crippen molar-refractivity contribution in [3.63, 3.8) is 0 Å². The van der Waals surface area contributed by atoms with Gasteiger partial charge in [-0.2, -0.15) is 0 Å². The van der Waals surface area contributed by atoms with Crippen LogP contribution in [0.3, 0.4) is 0 Å². The van der Waals surface area contributed by atoms with Gasteiger partial charge in [0.2, 0.25) is 0 Å². The zero-order valence-electron chi connectivity index (χ0n) is 5.64. The third kappa shape index (κ3) is 2.23. The van der Waals surface area contributed by atoms with Crippen LogP contribution in [-0.4, -0.2) is 0 Å². The topological polar surface area (TPSA) is 0 Å². The first-order valence-electron chi connectivity index (χ1n) is 3.09. The summed E-state index contributed by atoms with van der Waals surface area (Å²) in [5, 5.41) is 0. The van der Waals surface area contributed by atoms with Gasteiger partial charge in [0.15, 0.2) is 0 Å². The minimum Gasteiger partial charge on any atom is -0.0842 e. The van der Waals surface area contributed by atoms with Crippen LogP contribution in [-0.2, 0) is 0 Å². The standard InChI is InChI=1S/C8H8BrI/c1-6(9)7-3-2-4-8(10)5-7/h2-6H,1H3. The van der Waals surface area contributed by atoms with Crippen molar-refractivity contribution in [2.75, 3.05) is 0 Å². The van der Waals surface area contributed by atoms with Crippen molar-refractivity contribution < 1.29 is 0 Å². The Balaban J connectivity index is 2.96. The average molecular weight is 311 g/mol. The Hall–Kier alpha value is 0.430. The predicted octanol–water partition coefficient (Wildman–Crippen LogP) is 3.75. The molecule has 1 aromatic carbocycles. The molecule has 0 radical (unpaired) electrons. The molecule has 2 heteroatoms. The Morgan fingerprint density at radius 2 is 2.20 bits per heavy atom. The molecule has 1 unspecified atom stereocenters. The molecule has 1 atom stereocenters. The normalized spacial score (nSPS) is 13.1. The van der Waals surface area contributed by atoms with Crippen LogP contribution in [0.4, 0.5) is 0 Å². The van der Waals surface area contributed by atoms with Crippen LogP contribution in [0.15, 0.2) is 24.3 Å². The largest absolute Gasteiger partial charge is 0.0842 e. The van der Waals surface area contributed by atoms with Gasteiger partial charge in [0, 0.05) is 8.40 Å². The average Bonchev–Trinajstić information content (AvgIpc) is 1.88. The molecule has 0 amide bonds. The summed E-state index contributed by atoms with van der Waals surface area (Å²) in [6.07, 6.45) is 0. The van der Waals surface area contributed by atoms with Crippen LogP contribution >= 0.6 is 38.5 Å². The first kappa shape index (κ1) is 8.53. The molecule has 0 nitrogen and oxygen atoms in total. The molecule has 0 aliphatic heterocycles. The molecule has 0 saturated carbocycles. The predicted molar refractivity (Wildman–Crippen MR) is 56.5 cm³/mol. The summed E-state index contributed by atoms with van der Waals surface area (Å²) in [4.78, 5) is 0.460. The van der Waals surface area contributed by atoms with Gasteiger partial charge in [-0.1, -0.05) is 28.1 Å². The quantitative estimate of drug-likeness (QED) is 0.547. The van der Waals surface area contributed by atoms with E-state index in [4.69, 9.17) is 0 Å². The van der Waals surface area contributed by atoms with E-state index >= 15 is 0 Å². The van der Waals surface area contributed by atoms with Gasteiger partial charge in [0.25, 0.3) is 0 Å². The molecule has 0 bridgehead atoms. The highest BCUT2D eigenvalue weighted by Gasteiger charge is 1.98. The number of hydrogen-bond donors (Lipinski definition) is 0. The third-order valence-corrected chi connectivity index (χ3v) is 2.51. The van der Waals surface area contributed by atoms with Crippen LogP contribution in [0.2, 0.25) is 0 Å². The van der Waals surface area contributed by atoms with Crippen LogP contribution < -0.4 is 0 Å². The van der Waals surface area contributed by atoms with Gasteiger partial charge in [0.1, 0.15) is 0 Å². The fraction of sp³-hybridized carbons (Fsp3) is 0.250. The molecule has 0 fully saturated rings. The van der Waals surface area contributed by atoms with E-state index in [2.05, 4.69) is 69.7 Å². The van der Waals surface area contributed by atoms with E-state index in [1.807, 2.05) is 0 Å². The summed E-state index contributed by atoms with van der Waals surface area (Å²) in [7, 11) is 0. The highest BCUT2D eigenvalue weighted by molar-refractivity contribution is 14.1. The molecule has 1 rings (SSSR count). The van der Waals surface area contributed by atoms with Gasteiger partial charge in [-0.3, -0.25) is 0 Å². The fourth-order valence-electron chi connectivity index (χ4n) is 0.754. The van der Waals surface area contributed by atoms with Gasteiger partial charge < -0.3 is 0 Å². The van der Waals surface area contributed by atoms with Gasteiger partial charge in [-0.15, -0.1) is 0 Å². The van der Waals surface area contributed by atoms with E-state index in [-0.39, 0.29) is 0 Å². The molecular formula is C8H8BrI. The summed E-state index contributed by atoms with van der Waals surface area (Å²) in [6.45, 7) is 2.13. The van der Waals surface area contributed by atoms with Gasteiger partial charge in [-0.25, -0.2) is 0 Å². The minimum atomic E-state index is 0.460. The van der Waals surface area contributed by atoms with Crippen molar-refractivity contribution in [1.29, 1.82) is 0 Å². The second kappa shape index (κ2) is 3.72. The minimum absolute atomic E-state index is 0.460. The lowest BCUT2D eigenvalue weighted by molar-refractivity contribution is 1.12. The molecule has 0 aromatic heterocycles. The summed E-state index contributed by atoms with van der Waals surface area (Å²) in [6, 6.07) is 8.48. The van der Waals surface area contributed by atoms with Gasteiger partial charge >= 0.3 is 0 Å². The van der Waals surface area contributed by atoms with Gasteiger partial charge in [0.05, 0.1) is 0 Å². The summed E-state index contributed by atoms with van der Waals surface area (Å²) in [5.41, 5.74) is 1.34. The van der Waals surface area contributed by atoms with Crippen molar-refractivity contribution >= 4 is 38.5 Å². The zero-order valence-corrected chi connectivity index (χ0v) is 9.39. The first-order chi connectivity index (χ1) is 4.70. The molecule has 0 aliphatic carbocycles. The van der Waals surface area contributed by atoms with E-state index in [0.29, 0.717) is 4.83 Å². The van der Waals surface area contributed by atoms with Crippen LogP contribution in [0.25, 0.3) is 0 Å². The van der Waals surface area contributed by atoms with E-state index in [1.165, 1.54) is 9.13 Å². The molecule has 54 valence electrons. The number of rotatable bonds is 1. The number of halogens is 2. The summed E-state index contributed by atoms with van der Waals surface area (Å²) < 4.78 is 1.29. The van der Waals surface area contributed by atoms with E-state index in [1.54, 1.807) is 0 Å². The molecular weight excluding hydrogens is 303 g/mol.